The van der Waals surface area contributed by atoms with Gasteiger partial charge < -0.3 is 4.90 Å². The van der Waals surface area contributed by atoms with Crippen molar-refractivity contribution < 1.29 is 0 Å². The van der Waals surface area contributed by atoms with Crippen LogP contribution in [0.3, 0.4) is 0 Å². The molecule has 0 bridgehead atoms. The molecule has 0 spiro atoms. The van der Waals surface area contributed by atoms with Crippen LogP contribution in [0.15, 0.2) is 24.3 Å². The summed E-state index contributed by atoms with van der Waals surface area (Å²) in [5, 5.41) is 0. The molecule has 0 N–H and O–H groups in total. The Morgan fingerprint density at radius 3 is 2.19 bits per heavy atom. The van der Waals surface area contributed by atoms with Crippen LogP contribution in [0.2, 0.25) is 0 Å². The average molecular weight is 290 g/mol. The zero-order valence-electron chi connectivity index (χ0n) is 14.5. The maximum Gasteiger partial charge on any atom is -0.00187 e. The van der Waals surface area contributed by atoms with E-state index in [0.29, 0.717) is 0 Å². The van der Waals surface area contributed by atoms with E-state index in [1.807, 2.05) is 0 Å². The minimum atomic E-state index is 1.25. The largest absolute Gasteiger partial charge is 0.303 e. The maximum atomic E-state index is 2.66. The van der Waals surface area contributed by atoms with Gasteiger partial charge in [0.15, 0.2) is 0 Å². The Bertz CT molecular complexity index is 359. The molecular weight excluding hydrogens is 254 g/mol. The van der Waals surface area contributed by atoms with Gasteiger partial charge in [0.25, 0.3) is 0 Å². The van der Waals surface area contributed by atoms with Gasteiger partial charge in [-0.05, 0) is 69.8 Å². The number of nitrogens with zero attached hydrogens (tertiary/aromatic N) is 1. The normalized spacial score (nSPS) is 11.2. The number of rotatable bonds is 12. The highest BCUT2D eigenvalue weighted by atomic mass is 15.1. The first-order chi connectivity index (χ1) is 10.3. The van der Waals surface area contributed by atoms with Gasteiger partial charge in [-0.2, -0.15) is 0 Å². The van der Waals surface area contributed by atoms with E-state index >= 15 is 0 Å². The summed E-state index contributed by atoms with van der Waals surface area (Å²) in [5.41, 5.74) is 2.99. The van der Waals surface area contributed by atoms with E-state index in [1.54, 1.807) is 0 Å². The lowest BCUT2D eigenvalue weighted by Crippen LogP contribution is -2.26. The van der Waals surface area contributed by atoms with E-state index in [9.17, 15) is 0 Å². The molecule has 0 aromatic heterocycles. The molecule has 0 fully saturated rings. The van der Waals surface area contributed by atoms with Gasteiger partial charge in [-0.3, -0.25) is 0 Å². The van der Waals surface area contributed by atoms with Crippen molar-refractivity contribution in [3.05, 3.63) is 35.4 Å². The van der Waals surface area contributed by atoms with Crippen LogP contribution >= 0.6 is 0 Å². The molecule has 0 aliphatic carbocycles. The van der Waals surface area contributed by atoms with Crippen LogP contribution in [0.25, 0.3) is 0 Å². The highest BCUT2D eigenvalue weighted by molar-refractivity contribution is 5.25. The van der Waals surface area contributed by atoms with Crippen LogP contribution < -0.4 is 0 Å². The molecule has 0 aliphatic rings. The third-order valence-electron chi connectivity index (χ3n) is 4.30. The van der Waals surface area contributed by atoms with E-state index in [0.717, 1.165) is 0 Å². The topological polar surface area (TPSA) is 3.24 Å². The minimum Gasteiger partial charge on any atom is -0.303 e. The van der Waals surface area contributed by atoms with Crippen molar-refractivity contribution in [3.8, 4) is 0 Å². The van der Waals surface area contributed by atoms with Crippen LogP contribution in [-0.2, 0) is 6.42 Å². The number of hydrogen-bond donors (Lipinski definition) is 0. The zero-order chi connectivity index (χ0) is 15.3. The first kappa shape index (κ1) is 18.2. The standard InChI is InChI=1S/C20H35N/c1-4-6-17-21(16-5-2)18-12-8-7-9-14-20-15-11-10-13-19(20)3/h10-11,13,15H,4-9,12,14,16-18H2,1-3H3. The molecule has 0 aliphatic heterocycles. The Labute approximate surface area is 132 Å². The SMILES string of the molecule is CCCCN(CCC)CCCCCCc1ccccc1C. The van der Waals surface area contributed by atoms with Gasteiger partial charge >= 0.3 is 0 Å². The summed E-state index contributed by atoms with van der Waals surface area (Å²) in [6, 6.07) is 8.81. The minimum absolute atomic E-state index is 1.25. The zero-order valence-corrected chi connectivity index (χ0v) is 14.5. The number of benzene rings is 1. The average Bonchev–Trinajstić information content (AvgIpc) is 2.49. The van der Waals surface area contributed by atoms with Crippen molar-refractivity contribution in [1.82, 2.24) is 4.90 Å². The molecule has 0 saturated carbocycles. The molecule has 1 aromatic carbocycles. The second kappa shape index (κ2) is 11.8. The van der Waals surface area contributed by atoms with Crippen molar-refractivity contribution in [2.75, 3.05) is 19.6 Å². The third kappa shape index (κ3) is 8.26. The molecule has 21 heavy (non-hydrogen) atoms. The molecule has 1 aromatic rings. The van der Waals surface area contributed by atoms with Crippen molar-refractivity contribution in [2.24, 2.45) is 0 Å². The number of hydrogen-bond acceptors (Lipinski definition) is 1. The number of aryl methyl sites for hydroxylation is 2. The quantitative estimate of drug-likeness (QED) is 0.452. The van der Waals surface area contributed by atoms with Crippen LogP contribution in [0.4, 0.5) is 0 Å². The second-order valence-electron chi connectivity index (χ2n) is 6.29. The van der Waals surface area contributed by atoms with Crippen molar-refractivity contribution in [3.63, 3.8) is 0 Å². The monoisotopic (exact) mass is 289 g/mol. The van der Waals surface area contributed by atoms with Crippen LogP contribution in [0, 0.1) is 6.92 Å². The molecule has 0 atom stereocenters. The van der Waals surface area contributed by atoms with Crippen molar-refractivity contribution in [2.45, 2.75) is 72.1 Å². The van der Waals surface area contributed by atoms with Gasteiger partial charge in [0.2, 0.25) is 0 Å². The van der Waals surface area contributed by atoms with E-state index in [2.05, 4.69) is 49.9 Å². The Kier molecular flexibility index (Phi) is 10.2. The fraction of sp³-hybridized carbons (Fsp3) is 0.700. The van der Waals surface area contributed by atoms with Gasteiger partial charge in [0.05, 0.1) is 0 Å². The summed E-state index contributed by atoms with van der Waals surface area (Å²) in [4.78, 5) is 2.66. The Hall–Kier alpha value is -0.820. The van der Waals surface area contributed by atoms with Crippen LogP contribution in [-0.4, -0.2) is 24.5 Å². The van der Waals surface area contributed by atoms with E-state index in [1.165, 1.54) is 82.1 Å². The number of unbranched alkanes of at least 4 members (excludes halogenated alkanes) is 4. The predicted octanol–water partition coefficient (Wildman–Crippen LogP) is 5.61. The summed E-state index contributed by atoms with van der Waals surface area (Å²) >= 11 is 0. The molecule has 1 rings (SSSR count). The molecule has 120 valence electrons. The van der Waals surface area contributed by atoms with Gasteiger partial charge in [-0.25, -0.2) is 0 Å². The molecule has 0 heterocycles. The lowest BCUT2D eigenvalue weighted by atomic mass is 10.0. The molecule has 0 amide bonds. The lowest BCUT2D eigenvalue weighted by molar-refractivity contribution is 0.263. The fourth-order valence-corrected chi connectivity index (χ4v) is 2.93. The Morgan fingerprint density at radius 1 is 0.762 bits per heavy atom. The van der Waals surface area contributed by atoms with E-state index < -0.39 is 0 Å². The van der Waals surface area contributed by atoms with Crippen molar-refractivity contribution in [1.29, 1.82) is 0 Å². The van der Waals surface area contributed by atoms with E-state index in [4.69, 9.17) is 0 Å². The van der Waals surface area contributed by atoms with Gasteiger partial charge in [-0.1, -0.05) is 57.4 Å². The summed E-state index contributed by atoms with van der Waals surface area (Å²) < 4.78 is 0. The van der Waals surface area contributed by atoms with Gasteiger partial charge in [0, 0.05) is 0 Å². The molecule has 1 nitrogen and oxygen atoms in total. The smallest absolute Gasteiger partial charge is 0.00187 e. The van der Waals surface area contributed by atoms with Gasteiger partial charge in [0.1, 0.15) is 0 Å². The van der Waals surface area contributed by atoms with Crippen LogP contribution in [0.5, 0.6) is 0 Å². The summed E-state index contributed by atoms with van der Waals surface area (Å²) in [6.07, 6.45) is 10.7. The molecule has 0 radical (unpaired) electrons. The Morgan fingerprint density at radius 2 is 1.48 bits per heavy atom. The molecule has 1 heteroatoms. The summed E-state index contributed by atoms with van der Waals surface area (Å²) in [5.74, 6) is 0. The summed E-state index contributed by atoms with van der Waals surface area (Å²) in [7, 11) is 0. The molecular formula is C20H35N. The maximum absolute atomic E-state index is 2.66. The molecule has 0 saturated heterocycles. The highest BCUT2D eigenvalue weighted by Crippen LogP contribution is 2.12. The third-order valence-corrected chi connectivity index (χ3v) is 4.30. The second-order valence-corrected chi connectivity index (χ2v) is 6.29. The first-order valence-corrected chi connectivity index (χ1v) is 9.04. The predicted molar refractivity (Wildman–Crippen MR) is 95.0 cm³/mol. The van der Waals surface area contributed by atoms with E-state index in [-0.39, 0.29) is 0 Å². The molecule has 0 unspecified atom stereocenters. The Balaban J connectivity index is 2.09. The fourth-order valence-electron chi connectivity index (χ4n) is 2.93. The van der Waals surface area contributed by atoms with Crippen LogP contribution in [0.1, 0.15) is 69.9 Å². The summed E-state index contributed by atoms with van der Waals surface area (Å²) in [6.45, 7) is 10.7. The van der Waals surface area contributed by atoms with Crippen molar-refractivity contribution >= 4 is 0 Å². The highest BCUT2D eigenvalue weighted by Gasteiger charge is 2.03. The first-order valence-electron chi connectivity index (χ1n) is 9.04. The lowest BCUT2D eigenvalue weighted by Gasteiger charge is -2.21. The van der Waals surface area contributed by atoms with Gasteiger partial charge in [-0.15, -0.1) is 0 Å².